The van der Waals surface area contributed by atoms with Gasteiger partial charge in [0.1, 0.15) is 5.82 Å². The summed E-state index contributed by atoms with van der Waals surface area (Å²) < 4.78 is 15.3. The van der Waals surface area contributed by atoms with Gasteiger partial charge in [-0.1, -0.05) is 29.5 Å². The highest BCUT2D eigenvalue weighted by atomic mass is 32.1. The summed E-state index contributed by atoms with van der Waals surface area (Å²) in [6.45, 7) is 0. The molecule has 4 aromatic rings. The van der Waals surface area contributed by atoms with E-state index < -0.39 is 0 Å². The van der Waals surface area contributed by atoms with Crippen LogP contribution in [0.4, 0.5) is 4.39 Å². The smallest absolute Gasteiger partial charge is 0.266 e. The lowest BCUT2D eigenvalue weighted by Gasteiger charge is -1.93. The van der Waals surface area contributed by atoms with Gasteiger partial charge in [-0.3, -0.25) is 9.78 Å². The van der Waals surface area contributed by atoms with Crippen molar-refractivity contribution in [3.63, 3.8) is 0 Å². The molecule has 3 heterocycles. The Hall–Kier alpha value is -2.93. The Labute approximate surface area is 133 Å². The molecule has 23 heavy (non-hydrogen) atoms. The number of pyridine rings is 1. The maximum atomic E-state index is 13.7. The van der Waals surface area contributed by atoms with Crippen LogP contribution < -0.4 is 10.1 Å². The largest absolute Gasteiger partial charge is 0.291 e. The third kappa shape index (κ3) is 2.40. The second-order valence-corrected chi connectivity index (χ2v) is 5.81. The first kappa shape index (κ1) is 13.7. The minimum atomic E-state index is -0.372. The molecule has 0 amide bonds. The Bertz CT molecular complexity index is 1100. The lowest BCUT2D eigenvalue weighted by Crippen LogP contribution is -2.23. The number of halogens is 1. The molecule has 7 heteroatoms. The number of rotatable bonds is 2. The highest BCUT2D eigenvalue weighted by Gasteiger charge is 2.12. The number of thiazole rings is 1. The van der Waals surface area contributed by atoms with E-state index in [4.69, 9.17) is 0 Å². The van der Waals surface area contributed by atoms with Crippen molar-refractivity contribution in [1.29, 1.82) is 0 Å². The van der Waals surface area contributed by atoms with Gasteiger partial charge in [0, 0.05) is 23.5 Å². The van der Waals surface area contributed by atoms with Crippen LogP contribution in [0.1, 0.15) is 5.56 Å². The predicted octanol–water partition coefficient (Wildman–Crippen LogP) is 1.90. The van der Waals surface area contributed by atoms with Gasteiger partial charge in [0.2, 0.25) is 4.96 Å². The molecule has 0 aliphatic rings. The number of hydrogen-bond acceptors (Lipinski definition) is 5. The first-order valence-electron chi connectivity index (χ1n) is 6.78. The molecular formula is C16H9FN4OS. The van der Waals surface area contributed by atoms with E-state index in [1.165, 1.54) is 28.0 Å². The summed E-state index contributed by atoms with van der Waals surface area (Å²) in [5, 5.41) is 4.23. The van der Waals surface area contributed by atoms with Crippen molar-refractivity contribution in [1.82, 2.24) is 19.6 Å². The Morgan fingerprint density at radius 3 is 2.65 bits per heavy atom. The fourth-order valence-electron chi connectivity index (χ4n) is 2.19. The lowest BCUT2D eigenvalue weighted by atomic mass is 10.2. The molecular weight excluding hydrogens is 315 g/mol. The molecule has 1 aromatic carbocycles. The second-order valence-electron chi connectivity index (χ2n) is 4.80. The number of fused-ring (bicyclic) bond motifs is 1. The summed E-state index contributed by atoms with van der Waals surface area (Å²) >= 11 is 1.18. The van der Waals surface area contributed by atoms with Gasteiger partial charge >= 0.3 is 0 Å². The van der Waals surface area contributed by atoms with Crippen molar-refractivity contribution < 1.29 is 4.39 Å². The highest BCUT2D eigenvalue weighted by molar-refractivity contribution is 7.15. The minimum Gasteiger partial charge on any atom is -0.266 e. The van der Waals surface area contributed by atoms with Crippen molar-refractivity contribution >= 4 is 22.4 Å². The van der Waals surface area contributed by atoms with Crippen molar-refractivity contribution in [2.24, 2.45) is 0 Å². The average molecular weight is 324 g/mol. The summed E-state index contributed by atoms with van der Waals surface area (Å²) in [6.07, 6.45) is 4.80. The summed E-state index contributed by atoms with van der Waals surface area (Å²) in [7, 11) is 0. The first-order chi connectivity index (χ1) is 11.2. The normalized spacial score (nSPS) is 12.1. The molecule has 0 fully saturated rings. The van der Waals surface area contributed by atoms with Crippen LogP contribution in [-0.2, 0) is 0 Å². The zero-order valence-electron chi connectivity index (χ0n) is 11.7. The maximum absolute atomic E-state index is 13.7. The van der Waals surface area contributed by atoms with Gasteiger partial charge in [-0.15, -0.1) is 5.10 Å². The van der Waals surface area contributed by atoms with Crippen LogP contribution in [0.25, 0.3) is 22.4 Å². The van der Waals surface area contributed by atoms with E-state index in [1.54, 1.807) is 42.7 Å². The van der Waals surface area contributed by atoms with Crippen LogP contribution in [-0.4, -0.2) is 19.6 Å². The van der Waals surface area contributed by atoms with Crippen molar-refractivity contribution in [3.05, 3.63) is 75.1 Å². The van der Waals surface area contributed by atoms with E-state index in [0.717, 1.165) is 5.56 Å². The van der Waals surface area contributed by atoms with Gasteiger partial charge in [-0.25, -0.2) is 4.39 Å². The Morgan fingerprint density at radius 2 is 1.91 bits per heavy atom. The Balaban J connectivity index is 1.86. The van der Waals surface area contributed by atoms with E-state index in [0.29, 0.717) is 20.9 Å². The van der Waals surface area contributed by atoms with Crippen LogP contribution in [0, 0.1) is 5.82 Å². The number of aromatic nitrogens is 4. The fourth-order valence-corrected chi connectivity index (χ4v) is 3.09. The van der Waals surface area contributed by atoms with Crippen LogP contribution in [0.3, 0.4) is 0 Å². The van der Waals surface area contributed by atoms with Crippen molar-refractivity contribution in [3.8, 4) is 11.4 Å². The lowest BCUT2D eigenvalue weighted by molar-refractivity contribution is 0.625. The van der Waals surface area contributed by atoms with E-state index in [9.17, 15) is 9.18 Å². The average Bonchev–Trinajstić information content (AvgIpc) is 3.11. The minimum absolute atomic E-state index is 0.305. The molecule has 4 rings (SSSR count). The van der Waals surface area contributed by atoms with Crippen LogP contribution >= 0.6 is 11.3 Å². The summed E-state index contributed by atoms with van der Waals surface area (Å²) in [6, 6.07) is 9.85. The quantitative estimate of drug-likeness (QED) is 0.565. The molecule has 0 unspecified atom stereocenters. The third-order valence-corrected chi connectivity index (χ3v) is 4.27. The SMILES string of the molecule is O=c1/c(=C/c2ccccc2F)sc2nc(-c3ccncc3)nn12. The van der Waals surface area contributed by atoms with E-state index >= 15 is 0 Å². The molecule has 0 bridgehead atoms. The zero-order chi connectivity index (χ0) is 15.8. The summed E-state index contributed by atoms with van der Waals surface area (Å²) in [5.74, 6) is 0.0940. The monoisotopic (exact) mass is 324 g/mol. The van der Waals surface area contributed by atoms with E-state index in [1.807, 2.05) is 0 Å². The summed E-state index contributed by atoms with van der Waals surface area (Å²) in [4.78, 5) is 21.2. The van der Waals surface area contributed by atoms with E-state index in [-0.39, 0.29) is 11.4 Å². The van der Waals surface area contributed by atoms with E-state index in [2.05, 4.69) is 15.1 Å². The van der Waals surface area contributed by atoms with Gasteiger partial charge in [0.15, 0.2) is 5.82 Å². The summed E-state index contributed by atoms with van der Waals surface area (Å²) in [5.41, 5.74) is 0.847. The van der Waals surface area contributed by atoms with Gasteiger partial charge in [0.25, 0.3) is 5.56 Å². The molecule has 5 nitrogen and oxygen atoms in total. The van der Waals surface area contributed by atoms with Gasteiger partial charge in [0.05, 0.1) is 4.53 Å². The van der Waals surface area contributed by atoms with Crippen LogP contribution in [0.5, 0.6) is 0 Å². The predicted molar refractivity (Wildman–Crippen MR) is 85.5 cm³/mol. The molecule has 0 saturated carbocycles. The molecule has 0 N–H and O–H groups in total. The standard InChI is InChI=1S/C16H9FN4OS/c17-12-4-2-1-3-11(12)9-13-15(22)21-16(23-13)19-14(20-21)10-5-7-18-8-6-10/h1-9H/b13-9-. The van der Waals surface area contributed by atoms with Gasteiger partial charge < -0.3 is 0 Å². The molecule has 0 spiro atoms. The topological polar surface area (TPSA) is 60.2 Å². The van der Waals surface area contributed by atoms with Gasteiger partial charge in [-0.2, -0.15) is 9.50 Å². The van der Waals surface area contributed by atoms with Gasteiger partial charge in [-0.05, 0) is 24.3 Å². The van der Waals surface area contributed by atoms with Crippen molar-refractivity contribution in [2.75, 3.05) is 0 Å². The van der Waals surface area contributed by atoms with Crippen LogP contribution in [0.15, 0.2) is 53.6 Å². The third-order valence-electron chi connectivity index (χ3n) is 3.31. The first-order valence-corrected chi connectivity index (χ1v) is 7.60. The molecule has 0 atom stereocenters. The molecule has 112 valence electrons. The molecule has 3 aromatic heterocycles. The molecule has 0 aliphatic carbocycles. The maximum Gasteiger partial charge on any atom is 0.291 e. The zero-order valence-corrected chi connectivity index (χ0v) is 12.5. The molecule has 0 saturated heterocycles. The highest BCUT2D eigenvalue weighted by Crippen LogP contribution is 2.15. The number of hydrogen-bond donors (Lipinski definition) is 0. The fraction of sp³-hybridized carbons (Fsp3) is 0. The van der Waals surface area contributed by atoms with Crippen LogP contribution in [0.2, 0.25) is 0 Å². The molecule has 0 aliphatic heterocycles. The Morgan fingerprint density at radius 1 is 1.13 bits per heavy atom. The second kappa shape index (κ2) is 5.36. The Kier molecular flexibility index (Phi) is 3.20. The number of benzene rings is 1. The molecule has 0 radical (unpaired) electrons. The van der Waals surface area contributed by atoms with Crippen molar-refractivity contribution in [2.45, 2.75) is 0 Å². The number of nitrogens with zero attached hydrogens (tertiary/aromatic N) is 4.